The molecule has 0 aromatic heterocycles. The van der Waals surface area contributed by atoms with Crippen molar-refractivity contribution in [2.45, 2.75) is 26.2 Å². The number of amides is 2. The predicted molar refractivity (Wildman–Crippen MR) is 91.8 cm³/mol. The summed E-state index contributed by atoms with van der Waals surface area (Å²) in [4.78, 5) is 25.9. The van der Waals surface area contributed by atoms with E-state index < -0.39 is 0 Å². The van der Waals surface area contributed by atoms with Gasteiger partial charge in [0.15, 0.2) is 0 Å². The molecule has 1 fully saturated rings. The third-order valence-electron chi connectivity index (χ3n) is 4.30. The maximum absolute atomic E-state index is 12.3. The van der Waals surface area contributed by atoms with E-state index in [1.165, 1.54) is 5.56 Å². The largest absolute Gasteiger partial charge is 0.355 e. The molecule has 1 aliphatic carbocycles. The number of nitrogens with zero attached hydrogens (tertiary/aromatic N) is 1. The van der Waals surface area contributed by atoms with Gasteiger partial charge in [-0.2, -0.15) is 0 Å². The zero-order valence-electron chi connectivity index (χ0n) is 13.8. The fourth-order valence-corrected chi connectivity index (χ4v) is 2.65. The highest BCUT2D eigenvalue weighted by atomic mass is 16.2. The van der Waals surface area contributed by atoms with Crippen LogP contribution < -0.4 is 5.32 Å². The molecule has 0 unspecified atom stereocenters. The normalized spacial score (nSPS) is 19.0. The van der Waals surface area contributed by atoms with E-state index in [0.717, 1.165) is 12.8 Å². The van der Waals surface area contributed by atoms with E-state index >= 15 is 0 Å². The van der Waals surface area contributed by atoms with Gasteiger partial charge in [-0.05, 0) is 24.3 Å². The summed E-state index contributed by atoms with van der Waals surface area (Å²) in [5.74, 6) is 0.802. The van der Waals surface area contributed by atoms with E-state index in [1.54, 1.807) is 11.0 Å². The molecule has 1 N–H and O–H groups in total. The Bertz CT molecular complexity index is 542. The second-order valence-electron chi connectivity index (χ2n) is 6.22. The van der Waals surface area contributed by atoms with Gasteiger partial charge in [0.2, 0.25) is 11.8 Å². The highest BCUT2D eigenvalue weighted by Gasteiger charge is 2.38. The van der Waals surface area contributed by atoms with Gasteiger partial charge in [0.25, 0.3) is 0 Å². The summed E-state index contributed by atoms with van der Waals surface area (Å²) in [5.41, 5.74) is 1.21. The maximum atomic E-state index is 12.3. The average Bonchev–Trinajstić information content (AvgIpc) is 3.29. The Labute approximate surface area is 138 Å². The van der Waals surface area contributed by atoms with E-state index in [4.69, 9.17) is 0 Å². The molecule has 0 saturated heterocycles. The maximum Gasteiger partial charge on any atom is 0.224 e. The first-order valence-electron chi connectivity index (χ1n) is 8.32. The first-order valence-corrected chi connectivity index (χ1v) is 8.32. The Morgan fingerprint density at radius 3 is 2.65 bits per heavy atom. The van der Waals surface area contributed by atoms with Gasteiger partial charge in [-0.15, -0.1) is 6.58 Å². The number of benzene rings is 1. The van der Waals surface area contributed by atoms with Crippen LogP contribution >= 0.6 is 0 Å². The summed E-state index contributed by atoms with van der Waals surface area (Å²) in [6, 6.07) is 10.1. The molecule has 1 aromatic carbocycles. The van der Waals surface area contributed by atoms with E-state index in [0.29, 0.717) is 32.0 Å². The minimum atomic E-state index is 0.0602. The topological polar surface area (TPSA) is 49.4 Å². The molecule has 0 radical (unpaired) electrons. The van der Waals surface area contributed by atoms with Crippen LogP contribution in [-0.4, -0.2) is 36.3 Å². The molecule has 23 heavy (non-hydrogen) atoms. The van der Waals surface area contributed by atoms with Crippen molar-refractivity contribution in [3.05, 3.63) is 48.6 Å². The van der Waals surface area contributed by atoms with Crippen molar-refractivity contribution >= 4 is 11.8 Å². The van der Waals surface area contributed by atoms with Crippen molar-refractivity contribution in [1.29, 1.82) is 0 Å². The molecule has 4 nitrogen and oxygen atoms in total. The lowest BCUT2D eigenvalue weighted by Crippen LogP contribution is -2.36. The molecule has 2 rings (SSSR count). The van der Waals surface area contributed by atoms with Crippen molar-refractivity contribution in [3.8, 4) is 0 Å². The van der Waals surface area contributed by atoms with Gasteiger partial charge in [-0.3, -0.25) is 9.59 Å². The molecular formula is C19H26N2O2. The van der Waals surface area contributed by atoms with Gasteiger partial charge in [-0.25, -0.2) is 0 Å². The summed E-state index contributed by atoms with van der Waals surface area (Å²) in [5, 5.41) is 2.86. The van der Waals surface area contributed by atoms with Crippen LogP contribution in [0, 0.1) is 11.8 Å². The quantitative estimate of drug-likeness (QED) is 0.712. The molecule has 4 heteroatoms. The Morgan fingerprint density at radius 1 is 1.35 bits per heavy atom. The van der Waals surface area contributed by atoms with Crippen LogP contribution in [0.5, 0.6) is 0 Å². The third kappa shape index (κ3) is 5.55. The summed E-state index contributed by atoms with van der Waals surface area (Å²) >= 11 is 0. The van der Waals surface area contributed by atoms with E-state index in [1.807, 2.05) is 18.2 Å². The van der Waals surface area contributed by atoms with Crippen LogP contribution in [-0.2, 0) is 16.0 Å². The van der Waals surface area contributed by atoms with E-state index in [9.17, 15) is 9.59 Å². The zero-order valence-corrected chi connectivity index (χ0v) is 13.8. The molecule has 1 aromatic rings. The van der Waals surface area contributed by atoms with Gasteiger partial charge in [0.05, 0.1) is 0 Å². The van der Waals surface area contributed by atoms with Crippen molar-refractivity contribution in [1.82, 2.24) is 10.2 Å². The number of carbonyl (C=O) groups is 2. The summed E-state index contributed by atoms with van der Waals surface area (Å²) in [7, 11) is 0. The first-order chi connectivity index (χ1) is 11.1. The Morgan fingerprint density at radius 2 is 2.04 bits per heavy atom. The number of hydrogen-bond acceptors (Lipinski definition) is 2. The lowest BCUT2D eigenvalue weighted by atomic mass is 10.1. The molecule has 0 heterocycles. The smallest absolute Gasteiger partial charge is 0.224 e. The lowest BCUT2D eigenvalue weighted by Gasteiger charge is -2.21. The SMILES string of the molecule is C=CCN(CCc1ccccc1)C(=O)CCNC(=O)[C@@H]1C[C@@H]1C. The highest BCUT2D eigenvalue weighted by Crippen LogP contribution is 2.37. The second kappa shape index (κ2) is 8.51. The second-order valence-corrected chi connectivity index (χ2v) is 6.22. The van der Waals surface area contributed by atoms with E-state index in [-0.39, 0.29) is 17.7 Å². The minimum Gasteiger partial charge on any atom is -0.355 e. The first kappa shape index (κ1) is 17.3. The number of hydrogen-bond donors (Lipinski definition) is 1. The molecule has 0 bridgehead atoms. The molecular weight excluding hydrogens is 288 g/mol. The lowest BCUT2D eigenvalue weighted by molar-refractivity contribution is -0.130. The number of carbonyl (C=O) groups excluding carboxylic acids is 2. The predicted octanol–water partition coefficient (Wildman–Crippen LogP) is 2.41. The van der Waals surface area contributed by atoms with E-state index in [2.05, 4.69) is 31.0 Å². The molecule has 1 aliphatic rings. The van der Waals surface area contributed by atoms with Crippen molar-refractivity contribution in [2.24, 2.45) is 11.8 Å². The molecule has 2 amide bonds. The molecule has 2 atom stereocenters. The standard InChI is InChI=1S/C19H26N2O2/c1-3-12-21(13-10-16-7-5-4-6-8-16)18(22)9-11-20-19(23)17-14-15(17)2/h3-8,15,17H,1,9-14H2,2H3,(H,20,23)/t15-,17+/m0/s1. The molecule has 0 aliphatic heterocycles. The van der Waals surface area contributed by atoms with Crippen LogP contribution in [0.25, 0.3) is 0 Å². The van der Waals surface area contributed by atoms with Crippen molar-refractivity contribution in [2.75, 3.05) is 19.6 Å². The molecule has 1 saturated carbocycles. The van der Waals surface area contributed by atoms with Gasteiger partial charge >= 0.3 is 0 Å². The zero-order chi connectivity index (χ0) is 16.7. The Kier molecular flexibility index (Phi) is 6.39. The monoisotopic (exact) mass is 314 g/mol. The van der Waals surface area contributed by atoms with Crippen LogP contribution in [0.2, 0.25) is 0 Å². The van der Waals surface area contributed by atoms with Gasteiger partial charge in [-0.1, -0.05) is 43.3 Å². The summed E-state index contributed by atoms with van der Waals surface area (Å²) in [6.45, 7) is 7.42. The van der Waals surface area contributed by atoms with Crippen molar-refractivity contribution in [3.63, 3.8) is 0 Å². The highest BCUT2D eigenvalue weighted by molar-refractivity contribution is 5.82. The van der Waals surface area contributed by atoms with Crippen molar-refractivity contribution < 1.29 is 9.59 Å². The Balaban J connectivity index is 1.73. The van der Waals surface area contributed by atoms with Gasteiger partial charge in [0.1, 0.15) is 0 Å². The van der Waals surface area contributed by atoms with Gasteiger partial charge < -0.3 is 10.2 Å². The summed E-state index contributed by atoms with van der Waals surface area (Å²) < 4.78 is 0. The average molecular weight is 314 g/mol. The number of rotatable bonds is 9. The molecule has 124 valence electrons. The van der Waals surface area contributed by atoms with Gasteiger partial charge in [0, 0.05) is 32.0 Å². The Hall–Kier alpha value is -2.10. The fraction of sp³-hybridized carbons (Fsp3) is 0.474. The van der Waals surface area contributed by atoms with Crippen LogP contribution in [0.3, 0.4) is 0 Å². The number of nitrogens with one attached hydrogen (secondary N) is 1. The third-order valence-corrected chi connectivity index (χ3v) is 4.30. The van der Waals surface area contributed by atoms with Crippen LogP contribution in [0.15, 0.2) is 43.0 Å². The summed E-state index contributed by atoms with van der Waals surface area (Å²) in [6.07, 6.45) is 3.88. The fourth-order valence-electron chi connectivity index (χ4n) is 2.65. The van der Waals surface area contributed by atoms with Crippen LogP contribution in [0.4, 0.5) is 0 Å². The molecule has 0 spiro atoms. The van der Waals surface area contributed by atoms with Crippen LogP contribution in [0.1, 0.15) is 25.3 Å². The minimum absolute atomic E-state index is 0.0602.